The van der Waals surface area contributed by atoms with Gasteiger partial charge < -0.3 is 4.74 Å². The van der Waals surface area contributed by atoms with Gasteiger partial charge in [-0.3, -0.25) is 0 Å². The summed E-state index contributed by atoms with van der Waals surface area (Å²) in [6.07, 6.45) is -12.0. The van der Waals surface area contributed by atoms with Crippen molar-refractivity contribution < 1.29 is 61.8 Å². The molecule has 1 aromatic rings. The van der Waals surface area contributed by atoms with Gasteiger partial charge in [-0.2, -0.15) is 57.1 Å². The Kier molecular flexibility index (Phi) is 7.16. The summed E-state index contributed by atoms with van der Waals surface area (Å²) in [5.41, 5.74) is -0.327. The maximum Gasteiger partial charge on any atom is 0.460 e. The van der Waals surface area contributed by atoms with Crippen LogP contribution in [0.3, 0.4) is 0 Å². The molecular formula is C15H10BrF13O. The lowest BCUT2D eigenvalue weighted by Crippen LogP contribution is -2.70. The summed E-state index contributed by atoms with van der Waals surface area (Å²) < 4.78 is 175. The molecule has 1 nitrogen and oxygen atoms in total. The molecule has 1 atom stereocenters. The van der Waals surface area contributed by atoms with E-state index in [1.54, 1.807) is 0 Å². The second-order valence-electron chi connectivity index (χ2n) is 5.98. The molecule has 30 heavy (non-hydrogen) atoms. The zero-order valence-electron chi connectivity index (χ0n) is 14.3. The molecule has 0 aromatic heterocycles. The number of benzene rings is 1. The predicted molar refractivity (Wildman–Crippen MR) is 79.3 cm³/mol. The standard InChI is InChI=1S/C15H10BrF13O/c1-30-9(7-2-4-8(16)5-3-7)6-10(17,18)11(19,20)12(21,22)13(23,24)14(25,26)15(27,28)29/h2-5,9H,6H2,1H3. The van der Waals surface area contributed by atoms with Crippen molar-refractivity contribution in [3.05, 3.63) is 34.3 Å². The third-order valence-electron chi connectivity index (χ3n) is 3.97. The summed E-state index contributed by atoms with van der Waals surface area (Å²) in [6, 6.07) is 4.36. The minimum atomic E-state index is -7.91. The molecule has 0 radical (unpaired) electrons. The van der Waals surface area contributed by atoms with Gasteiger partial charge in [0.2, 0.25) is 0 Å². The Hall–Kier alpha value is -1.25. The van der Waals surface area contributed by atoms with E-state index < -0.39 is 48.3 Å². The Morgan fingerprint density at radius 2 is 1.10 bits per heavy atom. The van der Waals surface area contributed by atoms with Crippen LogP contribution in [-0.2, 0) is 4.74 Å². The van der Waals surface area contributed by atoms with Crippen LogP contribution in [0.5, 0.6) is 0 Å². The first-order valence-electron chi connectivity index (χ1n) is 7.41. The molecule has 0 fully saturated rings. The van der Waals surface area contributed by atoms with Gasteiger partial charge in [0.1, 0.15) is 0 Å². The van der Waals surface area contributed by atoms with E-state index in [4.69, 9.17) is 0 Å². The Labute approximate surface area is 168 Å². The summed E-state index contributed by atoms with van der Waals surface area (Å²) in [7, 11) is 0.658. The molecule has 0 saturated carbocycles. The molecule has 1 unspecified atom stereocenters. The summed E-state index contributed by atoms with van der Waals surface area (Å²) in [6.45, 7) is 0. The van der Waals surface area contributed by atoms with E-state index in [0.29, 0.717) is 11.6 Å². The van der Waals surface area contributed by atoms with Crippen LogP contribution in [0.25, 0.3) is 0 Å². The molecule has 0 saturated heterocycles. The number of ether oxygens (including phenoxy) is 1. The minimum Gasteiger partial charge on any atom is -0.377 e. The van der Waals surface area contributed by atoms with Crippen LogP contribution in [-0.4, -0.2) is 42.9 Å². The number of rotatable bonds is 8. The lowest BCUT2D eigenvalue weighted by molar-refractivity contribution is -0.440. The fourth-order valence-corrected chi connectivity index (χ4v) is 2.44. The zero-order valence-corrected chi connectivity index (χ0v) is 15.9. The molecule has 0 heterocycles. The van der Waals surface area contributed by atoms with Crippen molar-refractivity contribution in [3.8, 4) is 0 Å². The minimum absolute atomic E-state index is 0.327. The fraction of sp³-hybridized carbons (Fsp3) is 0.600. The van der Waals surface area contributed by atoms with Gasteiger partial charge in [-0.15, -0.1) is 0 Å². The Morgan fingerprint density at radius 1 is 0.700 bits per heavy atom. The lowest BCUT2D eigenvalue weighted by atomic mass is 9.90. The van der Waals surface area contributed by atoms with Gasteiger partial charge in [0.25, 0.3) is 0 Å². The second kappa shape index (κ2) is 8.02. The van der Waals surface area contributed by atoms with Gasteiger partial charge in [0.05, 0.1) is 6.10 Å². The smallest absolute Gasteiger partial charge is 0.377 e. The molecule has 15 heteroatoms. The Bertz CT molecular complexity index is 727. The van der Waals surface area contributed by atoms with Crippen LogP contribution in [0.4, 0.5) is 57.1 Å². The number of hydrogen-bond acceptors (Lipinski definition) is 1. The summed E-state index contributed by atoms with van der Waals surface area (Å²) >= 11 is 2.94. The first kappa shape index (κ1) is 26.8. The fourth-order valence-electron chi connectivity index (χ4n) is 2.18. The third kappa shape index (κ3) is 4.23. The van der Waals surface area contributed by atoms with Gasteiger partial charge in [-0.1, -0.05) is 28.1 Å². The highest BCUT2D eigenvalue weighted by Crippen LogP contribution is 2.61. The molecule has 174 valence electrons. The van der Waals surface area contributed by atoms with Crippen LogP contribution in [0.1, 0.15) is 18.1 Å². The van der Waals surface area contributed by atoms with Crippen molar-refractivity contribution in [2.24, 2.45) is 0 Å². The topological polar surface area (TPSA) is 9.23 Å². The van der Waals surface area contributed by atoms with Crippen LogP contribution in [0.2, 0.25) is 0 Å². The maximum atomic E-state index is 13.9. The van der Waals surface area contributed by atoms with Gasteiger partial charge in [0, 0.05) is 18.0 Å². The monoisotopic (exact) mass is 532 g/mol. The SMILES string of the molecule is COC(CC(F)(F)C(F)(F)C(F)(F)C(F)(F)C(F)(F)C(F)(F)F)c1ccc(Br)cc1. The van der Waals surface area contributed by atoms with E-state index in [-0.39, 0.29) is 5.56 Å². The normalized spacial score (nSPS) is 16.0. The lowest BCUT2D eigenvalue weighted by Gasteiger charge is -2.40. The highest BCUT2D eigenvalue weighted by Gasteiger charge is 2.90. The van der Waals surface area contributed by atoms with Gasteiger partial charge in [0.15, 0.2) is 0 Å². The summed E-state index contributed by atoms with van der Waals surface area (Å²) in [5, 5.41) is 0. The molecule has 1 rings (SSSR count). The highest BCUT2D eigenvalue weighted by atomic mass is 79.9. The number of halogens is 14. The number of alkyl halides is 13. The molecule has 0 spiro atoms. The van der Waals surface area contributed by atoms with Crippen molar-refractivity contribution in [3.63, 3.8) is 0 Å². The van der Waals surface area contributed by atoms with Crippen LogP contribution >= 0.6 is 15.9 Å². The number of hydrogen-bond donors (Lipinski definition) is 0. The van der Waals surface area contributed by atoms with Crippen molar-refractivity contribution in [2.75, 3.05) is 7.11 Å². The Balaban J connectivity index is 3.38. The van der Waals surface area contributed by atoms with Gasteiger partial charge >= 0.3 is 35.8 Å². The van der Waals surface area contributed by atoms with Gasteiger partial charge in [-0.05, 0) is 17.7 Å². The number of methoxy groups -OCH3 is 1. The molecule has 0 aliphatic rings. The molecule has 0 aliphatic heterocycles. The molecular weight excluding hydrogens is 523 g/mol. The van der Waals surface area contributed by atoms with E-state index in [9.17, 15) is 57.1 Å². The summed E-state index contributed by atoms with van der Waals surface area (Å²) in [4.78, 5) is 0. The maximum absolute atomic E-state index is 13.9. The van der Waals surface area contributed by atoms with Crippen molar-refractivity contribution in [2.45, 2.75) is 48.3 Å². The first-order valence-corrected chi connectivity index (χ1v) is 8.20. The molecule has 0 bridgehead atoms. The largest absolute Gasteiger partial charge is 0.460 e. The van der Waals surface area contributed by atoms with Crippen LogP contribution < -0.4 is 0 Å². The summed E-state index contributed by atoms with van der Waals surface area (Å²) in [5.74, 6) is -37.0. The quantitative estimate of drug-likeness (QED) is 0.320. The average molecular weight is 533 g/mol. The van der Waals surface area contributed by atoms with E-state index in [1.165, 1.54) is 12.1 Å². The average Bonchev–Trinajstić information content (AvgIpc) is 2.58. The van der Waals surface area contributed by atoms with Crippen LogP contribution in [0.15, 0.2) is 28.7 Å². The molecule has 1 aromatic carbocycles. The van der Waals surface area contributed by atoms with E-state index in [0.717, 1.165) is 12.1 Å². The van der Waals surface area contributed by atoms with E-state index in [1.807, 2.05) is 0 Å². The van der Waals surface area contributed by atoms with Crippen molar-refractivity contribution in [1.82, 2.24) is 0 Å². The third-order valence-corrected chi connectivity index (χ3v) is 4.50. The molecule has 0 N–H and O–H groups in total. The molecule has 0 aliphatic carbocycles. The first-order chi connectivity index (χ1) is 13.2. The Morgan fingerprint density at radius 3 is 1.47 bits per heavy atom. The van der Waals surface area contributed by atoms with E-state index >= 15 is 0 Å². The van der Waals surface area contributed by atoms with Crippen molar-refractivity contribution >= 4 is 15.9 Å². The van der Waals surface area contributed by atoms with Crippen molar-refractivity contribution in [1.29, 1.82) is 0 Å². The van der Waals surface area contributed by atoms with Gasteiger partial charge in [-0.25, -0.2) is 0 Å². The molecule has 0 amide bonds. The predicted octanol–water partition coefficient (Wildman–Crippen LogP) is 7.27. The highest BCUT2D eigenvalue weighted by molar-refractivity contribution is 9.10. The van der Waals surface area contributed by atoms with Crippen LogP contribution in [0, 0.1) is 0 Å². The zero-order chi connectivity index (χ0) is 24.0. The second-order valence-corrected chi connectivity index (χ2v) is 6.90. The van der Waals surface area contributed by atoms with E-state index in [2.05, 4.69) is 20.7 Å².